The van der Waals surface area contributed by atoms with Crippen LogP contribution in [0.2, 0.25) is 18.1 Å². The summed E-state index contributed by atoms with van der Waals surface area (Å²) in [6.45, 7) is 15.2. The van der Waals surface area contributed by atoms with Gasteiger partial charge in [0.15, 0.2) is 0 Å². The third-order valence-corrected chi connectivity index (χ3v) is 6.91. The van der Waals surface area contributed by atoms with Gasteiger partial charge in [-0.1, -0.05) is 27.7 Å². The van der Waals surface area contributed by atoms with Gasteiger partial charge >= 0.3 is 0 Å². The second kappa shape index (κ2) is 4.27. The molecule has 0 radical (unpaired) electrons. The van der Waals surface area contributed by atoms with E-state index in [0.29, 0.717) is 0 Å². The zero-order chi connectivity index (χ0) is 10.7. The molecule has 0 heterocycles. The van der Waals surface area contributed by atoms with Crippen LogP contribution in [0.1, 0.15) is 41.0 Å². The number of hydrogen-bond donors (Lipinski definition) is 0. The standard InChI is InChI=1S/C10H23NOSi/c1-8-9(2)11-12-13(6,7)10(3,4)5/h8H2,1-7H3/b11-9+. The van der Waals surface area contributed by atoms with Crippen molar-refractivity contribution in [2.24, 2.45) is 5.16 Å². The Morgan fingerprint density at radius 2 is 1.77 bits per heavy atom. The molecule has 0 atom stereocenters. The Morgan fingerprint density at radius 3 is 2.08 bits per heavy atom. The molecule has 0 aromatic carbocycles. The fraction of sp³-hybridized carbons (Fsp3) is 0.900. The Hall–Kier alpha value is -0.313. The lowest BCUT2D eigenvalue weighted by atomic mass is 10.2. The molecule has 0 aliphatic rings. The first-order chi connectivity index (χ1) is 5.70. The fourth-order valence-electron chi connectivity index (χ4n) is 0.394. The van der Waals surface area contributed by atoms with Crippen LogP contribution in [0.4, 0.5) is 0 Å². The predicted molar refractivity (Wildman–Crippen MR) is 61.7 cm³/mol. The lowest BCUT2D eigenvalue weighted by Crippen LogP contribution is -2.39. The molecule has 0 saturated heterocycles. The highest BCUT2D eigenvalue weighted by atomic mass is 28.4. The fourth-order valence-corrected chi connectivity index (χ4v) is 1.05. The van der Waals surface area contributed by atoms with Gasteiger partial charge in [0.2, 0.25) is 0 Å². The minimum absolute atomic E-state index is 0.241. The Kier molecular flexibility index (Phi) is 4.16. The molecule has 0 aromatic heterocycles. The van der Waals surface area contributed by atoms with Gasteiger partial charge in [-0.2, -0.15) is 0 Å². The summed E-state index contributed by atoms with van der Waals surface area (Å²) >= 11 is 0. The van der Waals surface area contributed by atoms with E-state index in [0.717, 1.165) is 12.1 Å². The van der Waals surface area contributed by atoms with E-state index in [1.807, 2.05) is 6.92 Å². The maximum atomic E-state index is 5.67. The highest BCUT2D eigenvalue weighted by Gasteiger charge is 2.39. The Morgan fingerprint density at radius 1 is 1.31 bits per heavy atom. The highest BCUT2D eigenvalue weighted by molar-refractivity contribution is 6.74. The van der Waals surface area contributed by atoms with Crippen molar-refractivity contribution in [1.82, 2.24) is 0 Å². The summed E-state index contributed by atoms with van der Waals surface area (Å²) in [5.74, 6) is 0. The van der Waals surface area contributed by atoms with Gasteiger partial charge in [-0.3, -0.25) is 0 Å². The first-order valence-corrected chi connectivity index (χ1v) is 7.83. The SMILES string of the molecule is CC/C(C)=N/O[Si](C)(C)C(C)(C)C. The summed E-state index contributed by atoms with van der Waals surface area (Å²) in [5.41, 5.74) is 1.07. The van der Waals surface area contributed by atoms with Gasteiger partial charge < -0.3 is 4.53 Å². The maximum Gasteiger partial charge on any atom is 0.286 e. The van der Waals surface area contributed by atoms with Gasteiger partial charge in [0.05, 0.1) is 5.71 Å². The molecule has 0 fully saturated rings. The van der Waals surface area contributed by atoms with Crippen molar-refractivity contribution < 1.29 is 4.53 Å². The molecule has 0 aliphatic heterocycles. The molecular formula is C10H23NOSi. The first kappa shape index (κ1) is 12.7. The Balaban J connectivity index is 4.36. The van der Waals surface area contributed by atoms with Crippen LogP contribution in [0.25, 0.3) is 0 Å². The molecular weight excluding hydrogens is 178 g/mol. The van der Waals surface area contributed by atoms with Crippen LogP contribution in [0.3, 0.4) is 0 Å². The van der Waals surface area contributed by atoms with Crippen LogP contribution in [0.5, 0.6) is 0 Å². The van der Waals surface area contributed by atoms with Crippen molar-refractivity contribution in [3.63, 3.8) is 0 Å². The topological polar surface area (TPSA) is 21.6 Å². The van der Waals surface area contributed by atoms with E-state index in [1.165, 1.54) is 0 Å². The van der Waals surface area contributed by atoms with E-state index >= 15 is 0 Å². The van der Waals surface area contributed by atoms with Crippen molar-refractivity contribution in [3.8, 4) is 0 Å². The van der Waals surface area contributed by atoms with E-state index < -0.39 is 8.32 Å². The van der Waals surface area contributed by atoms with Gasteiger partial charge in [0, 0.05) is 0 Å². The minimum atomic E-state index is -1.67. The quantitative estimate of drug-likeness (QED) is 0.387. The van der Waals surface area contributed by atoms with Crippen LogP contribution in [0.15, 0.2) is 5.16 Å². The molecule has 13 heavy (non-hydrogen) atoms. The van der Waals surface area contributed by atoms with Gasteiger partial charge in [-0.15, -0.1) is 5.16 Å². The van der Waals surface area contributed by atoms with E-state index in [4.69, 9.17) is 4.53 Å². The third kappa shape index (κ3) is 3.94. The zero-order valence-electron chi connectivity index (χ0n) is 10.1. The highest BCUT2D eigenvalue weighted by Crippen LogP contribution is 2.36. The summed E-state index contributed by atoms with van der Waals surface area (Å²) in [7, 11) is -1.67. The van der Waals surface area contributed by atoms with Crippen LogP contribution in [0, 0.1) is 0 Å². The lowest BCUT2D eigenvalue weighted by molar-refractivity contribution is 0.307. The largest absolute Gasteiger partial charge is 0.455 e. The molecule has 2 nitrogen and oxygen atoms in total. The predicted octanol–water partition coefficient (Wildman–Crippen LogP) is 3.79. The minimum Gasteiger partial charge on any atom is -0.455 e. The molecule has 78 valence electrons. The summed E-state index contributed by atoms with van der Waals surface area (Å²) in [6, 6.07) is 0. The monoisotopic (exact) mass is 201 g/mol. The van der Waals surface area contributed by atoms with Crippen LogP contribution in [-0.4, -0.2) is 14.0 Å². The van der Waals surface area contributed by atoms with Crippen LogP contribution >= 0.6 is 0 Å². The third-order valence-electron chi connectivity index (χ3n) is 2.75. The summed E-state index contributed by atoms with van der Waals surface area (Å²) in [4.78, 5) is 0. The van der Waals surface area contributed by atoms with Crippen LogP contribution < -0.4 is 0 Å². The first-order valence-electron chi connectivity index (χ1n) is 4.92. The average molecular weight is 201 g/mol. The Labute approximate surface area is 83.5 Å². The average Bonchev–Trinajstić information content (AvgIpc) is 1.98. The molecule has 0 saturated carbocycles. The molecule has 0 unspecified atom stereocenters. The van der Waals surface area contributed by atoms with Gasteiger partial charge in [0.25, 0.3) is 8.32 Å². The van der Waals surface area contributed by atoms with E-state index in [-0.39, 0.29) is 5.04 Å². The molecule has 0 amide bonds. The molecule has 0 rings (SSSR count). The molecule has 0 bridgehead atoms. The number of oxime groups is 1. The lowest BCUT2D eigenvalue weighted by Gasteiger charge is -2.33. The van der Waals surface area contributed by atoms with Crippen molar-refractivity contribution in [2.75, 3.05) is 0 Å². The molecule has 0 aliphatic carbocycles. The number of nitrogens with zero attached hydrogens (tertiary/aromatic N) is 1. The van der Waals surface area contributed by atoms with Crippen molar-refractivity contribution in [1.29, 1.82) is 0 Å². The second-order valence-electron chi connectivity index (χ2n) is 5.03. The van der Waals surface area contributed by atoms with Crippen LogP contribution in [-0.2, 0) is 4.53 Å². The zero-order valence-corrected chi connectivity index (χ0v) is 11.1. The maximum absolute atomic E-state index is 5.67. The molecule has 0 N–H and O–H groups in total. The van der Waals surface area contributed by atoms with E-state index in [2.05, 4.69) is 45.9 Å². The number of rotatable bonds is 3. The Bertz CT molecular complexity index is 192. The molecule has 0 spiro atoms. The number of hydrogen-bond acceptors (Lipinski definition) is 2. The van der Waals surface area contributed by atoms with E-state index in [1.54, 1.807) is 0 Å². The molecule has 3 heteroatoms. The second-order valence-corrected chi connectivity index (χ2v) is 9.73. The van der Waals surface area contributed by atoms with Crippen molar-refractivity contribution in [2.45, 2.75) is 59.2 Å². The summed E-state index contributed by atoms with van der Waals surface area (Å²) in [6.07, 6.45) is 0.967. The van der Waals surface area contributed by atoms with Crippen molar-refractivity contribution >= 4 is 14.0 Å². The summed E-state index contributed by atoms with van der Waals surface area (Å²) in [5, 5.41) is 4.40. The smallest absolute Gasteiger partial charge is 0.286 e. The van der Waals surface area contributed by atoms with Crippen molar-refractivity contribution in [3.05, 3.63) is 0 Å². The van der Waals surface area contributed by atoms with E-state index in [9.17, 15) is 0 Å². The summed E-state index contributed by atoms with van der Waals surface area (Å²) < 4.78 is 5.67. The van der Waals surface area contributed by atoms with Gasteiger partial charge in [-0.05, 0) is 31.5 Å². The van der Waals surface area contributed by atoms with Gasteiger partial charge in [0.1, 0.15) is 0 Å². The normalized spacial score (nSPS) is 14.5. The van der Waals surface area contributed by atoms with Gasteiger partial charge in [-0.25, -0.2) is 0 Å². The molecule has 0 aromatic rings.